The molecule has 0 heterocycles. The summed E-state index contributed by atoms with van der Waals surface area (Å²) in [6, 6.07) is 2.53. The van der Waals surface area contributed by atoms with E-state index >= 15 is 0 Å². The van der Waals surface area contributed by atoms with Crippen LogP contribution in [0.1, 0.15) is 19.4 Å². The Bertz CT molecular complexity index is 591. The van der Waals surface area contributed by atoms with Gasteiger partial charge in [-0.2, -0.15) is 0 Å². The van der Waals surface area contributed by atoms with Gasteiger partial charge in [-0.1, -0.05) is 11.6 Å². The van der Waals surface area contributed by atoms with Gasteiger partial charge in [-0.05, 0) is 38.5 Å². The highest BCUT2D eigenvalue weighted by Gasteiger charge is 2.16. The van der Waals surface area contributed by atoms with Crippen molar-refractivity contribution >= 4 is 42.9 Å². The monoisotopic (exact) mass is 339 g/mol. The third-order valence-corrected chi connectivity index (χ3v) is 3.99. The highest BCUT2D eigenvalue weighted by Crippen LogP contribution is 2.30. The lowest BCUT2D eigenvalue weighted by atomic mass is 10.2. The molecular formula is C12H15Cl2NO4S. The molecule has 1 amide bonds. The predicted octanol–water partition coefficient (Wildman–Crippen LogP) is 2.94. The zero-order valence-electron chi connectivity index (χ0n) is 11.2. The number of nitrogens with one attached hydrogen (secondary N) is 1. The largest absolute Gasteiger partial charge is 0.369 e. The number of benzene rings is 1. The summed E-state index contributed by atoms with van der Waals surface area (Å²) in [5.74, 6) is -0.370. The van der Waals surface area contributed by atoms with Crippen molar-refractivity contribution in [3.05, 3.63) is 22.7 Å². The summed E-state index contributed by atoms with van der Waals surface area (Å²) >= 11 is 5.97. The molecule has 0 fully saturated rings. The van der Waals surface area contributed by atoms with Crippen LogP contribution in [0.4, 0.5) is 5.69 Å². The Morgan fingerprint density at radius 1 is 1.40 bits per heavy atom. The molecule has 0 unspecified atom stereocenters. The van der Waals surface area contributed by atoms with Crippen molar-refractivity contribution in [1.82, 2.24) is 0 Å². The van der Waals surface area contributed by atoms with E-state index in [1.165, 1.54) is 12.1 Å². The van der Waals surface area contributed by atoms with Gasteiger partial charge in [0.25, 0.3) is 9.05 Å². The Balaban J connectivity index is 2.95. The molecule has 5 nitrogen and oxygen atoms in total. The molecule has 0 aromatic heterocycles. The first kappa shape index (κ1) is 17.2. The topological polar surface area (TPSA) is 72.5 Å². The van der Waals surface area contributed by atoms with E-state index in [-0.39, 0.29) is 28.5 Å². The first-order valence-corrected chi connectivity index (χ1v) is 8.46. The van der Waals surface area contributed by atoms with E-state index in [2.05, 4.69) is 5.32 Å². The van der Waals surface area contributed by atoms with Crippen LogP contribution in [0.15, 0.2) is 17.0 Å². The molecule has 8 heteroatoms. The zero-order chi connectivity index (χ0) is 15.5. The number of hydrogen-bond acceptors (Lipinski definition) is 4. The second-order valence-electron chi connectivity index (χ2n) is 4.44. The average molecular weight is 340 g/mol. The van der Waals surface area contributed by atoms with E-state index in [1.807, 2.05) is 13.8 Å². The fraction of sp³-hybridized carbons (Fsp3) is 0.417. The van der Waals surface area contributed by atoms with E-state index < -0.39 is 9.05 Å². The van der Waals surface area contributed by atoms with Gasteiger partial charge in [0.05, 0.1) is 21.7 Å². The van der Waals surface area contributed by atoms with E-state index in [9.17, 15) is 13.2 Å². The Kier molecular flexibility index (Phi) is 5.82. The van der Waals surface area contributed by atoms with Gasteiger partial charge in [0.15, 0.2) is 0 Å². The summed E-state index contributed by atoms with van der Waals surface area (Å²) in [5.41, 5.74) is 0.836. The summed E-state index contributed by atoms with van der Waals surface area (Å²) in [4.78, 5) is 11.6. The molecule has 1 N–H and O–H groups in total. The van der Waals surface area contributed by atoms with Gasteiger partial charge in [-0.3, -0.25) is 4.79 Å². The van der Waals surface area contributed by atoms with Crippen molar-refractivity contribution in [2.45, 2.75) is 31.8 Å². The number of hydrogen-bond donors (Lipinski definition) is 1. The molecule has 1 aromatic carbocycles. The first-order chi connectivity index (χ1) is 9.11. The lowest BCUT2D eigenvalue weighted by Crippen LogP contribution is -2.21. The maximum absolute atomic E-state index is 11.7. The molecule has 20 heavy (non-hydrogen) atoms. The molecule has 0 saturated heterocycles. The minimum atomic E-state index is -3.86. The van der Waals surface area contributed by atoms with Gasteiger partial charge in [0.2, 0.25) is 5.91 Å². The van der Waals surface area contributed by atoms with Crippen LogP contribution in [-0.2, 0) is 18.6 Å². The van der Waals surface area contributed by atoms with Crippen molar-refractivity contribution in [2.24, 2.45) is 0 Å². The van der Waals surface area contributed by atoms with Crippen LogP contribution in [0, 0.1) is 6.92 Å². The molecule has 0 aliphatic heterocycles. The molecule has 0 aliphatic rings. The van der Waals surface area contributed by atoms with Crippen LogP contribution in [0.3, 0.4) is 0 Å². The number of ether oxygens (including phenoxy) is 1. The molecular weight excluding hydrogens is 325 g/mol. The van der Waals surface area contributed by atoms with Crippen molar-refractivity contribution in [1.29, 1.82) is 0 Å². The minimum absolute atomic E-state index is 0.0684. The molecule has 112 valence electrons. The second-order valence-corrected chi connectivity index (χ2v) is 7.42. The lowest BCUT2D eigenvalue weighted by molar-refractivity contribution is -0.121. The summed E-state index contributed by atoms with van der Waals surface area (Å²) in [7, 11) is 1.39. The van der Waals surface area contributed by atoms with E-state index in [0.29, 0.717) is 11.3 Å². The quantitative estimate of drug-likeness (QED) is 0.837. The first-order valence-electron chi connectivity index (χ1n) is 5.77. The number of anilines is 1. The van der Waals surface area contributed by atoms with Gasteiger partial charge in [-0.25, -0.2) is 8.42 Å². The van der Waals surface area contributed by atoms with Crippen molar-refractivity contribution in [2.75, 3.05) is 11.9 Å². The van der Waals surface area contributed by atoms with Crippen LogP contribution in [0.25, 0.3) is 0 Å². The van der Waals surface area contributed by atoms with Crippen molar-refractivity contribution in [3.8, 4) is 0 Å². The molecule has 0 radical (unpaired) electrons. The molecule has 1 rings (SSSR count). The van der Waals surface area contributed by atoms with Crippen LogP contribution < -0.4 is 5.32 Å². The average Bonchev–Trinajstić information content (AvgIpc) is 2.29. The SMILES string of the molecule is Cc1cc(S(=O)(=O)Cl)cc(Cl)c1NC(=O)COC(C)C. The van der Waals surface area contributed by atoms with Crippen LogP contribution in [0.2, 0.25) is 5.02 Å². The van der Waals surface area contributed by atoms with Crippen molar-refractivity contribution in [3.63, 3.8) is 0 Å². The van der Waals surface area contributed by atoms with E-state index in [4.69, 9.17) is 27.0 Å². The summed E-state index contributed by atoms with van der Waals surface area (Å²) < 4.78 is 27.7. The highest BCUT2D eigenvalue weighted by molar-refractivity contribution is 8.13. The molecule has 0 aliphatic carbocycles. The van der Waals surface area contributed by atoms with E-state index in [0.717, 1.165) is 0 Å². The van der Waals surface area contributed by atoms with Crippen LogP contribution in [0.5, 0.6) is 0 Å². The molecule has 0 spiro atoms. The van der Waals surface area contributed by atoms with E-state index in [1.54, 1.807) is 6.92 Å². The predicted molar refractivity (Wildman–Crippen MR) is 78.9 cm³/mol. The zero-order valence-corrected chi connectivity index (χ0v) is 13.6. The smallest absolute Gasteiger partial charge is 0.261 e. The van der Waals surface area contributed by atoms with Crippen molar-refractivity contribution < 1.29 is 17.9 Å². The fourth-order valence-corrected chi connectivity index (χ4v) is 2.65. The normalized spacial score (nSPS) is 11.7. The molecule has 0 atom stereocenters. The number of carbonyl (C=O) groups excluding carboxylic acids is 1. The summed E-state index contributed by atoms with van der Waals surface area (Å²) in [6.07, 6.45) is -0.0684. The van der Waals surface area contributed by atoms with Gasteiger partial charge in [-0.15, -0.1) is 0 Å². The third-order valence-electron chi connectivity index (χ3n) is 2.35. The van der Waals surface area contributed by atoms with Gasteiger partial charge >= 0.3 is 0 Å². The minimum Gasteiger partial charge on any atom is -0.369 e. The number of amides is 1. The standard InChI is InChI=1S/C12H15Cl2NO4S/c1-7(2)19-6-11(16)15-12-8(3)4-9(5-10(12)13)20(14,17)18/h4-5,7H,6H2,1-3H3,(H,15,16). The number of rotatable bonds is 5. The molecule has 1 aromatic rings. The van der Waals surface area contributed by atoms with Crippen LogP contribution >= 0.6 is 22.3 Å². The highest BCUT2D eigenvalue weighted by atomic mass is 35.7. The molecule has 0 saturated carbocycles. The Morgan fingerprint density at radius 3 is 2.45 bits per heavy atom. The molecule has 0 bridgehead atoms. The lowest BCUT2D eigenvalue weighted by Gasteiger charge is -2.13. The maximum Gasteiger partial charge on any atom is 0.261 e. The van der Waals surface area contributed by atoms with Gasteiger partial charge in [0, 0.05) is 10.7 Å². The Labute approximate surface area is 127 Å². The fourth-order valence-electron chi connectivity index (χ4n) is 1.43. The third kappa shape index (κ3) is 4.94. The van der Waals surface area contributed by atoms with Gasteiger partial charge in [0.1, 0.15) is 6.61 Å². The maximum atomic E-state index is 11.7. The second kappa shape index (κ2) is 6.76. The number of aryl methyl sites for hydroxylation is 1. The Morgan fingerprint density at radius 2 is 2.00 bits per heavy atom. The number of halogens is 2. The Hall–Kier alpha value is -0.820. The summed E-state index contributed by atoms with van der Waals surface area (Å²) in [5, 5.41) is 2.68. The van der Waals surface area contributed by atoms with Gasteiger partial charge < -0.3 is 10.1 Å². The number of carbonyl (C=O) groups is 1. The van der Waals surface area contributed by atoms with Crippen LogP contribution in [-0.4, -0.2) is 27.0 Å². The summed E-state index contributed by atoms with van der Waals surface area (Å²) in [6.45, 7) is 5.14.